The first-order chi connectivity index (χ1) is 20.7. The molecule has 2 aliphatic heterocycles. The molecule has 1 fully saturated rings. The topological polar surface area (TPSA) is 42.0 Å². The van der Waals surface area contributed by atoms with Gasteiger partial charge in [0.05, 0.1) is 30.8 Å². The molecule has 5 nitrogen and oxygen atoms in total. The summed E-state index contributed by atoms with van der Waals surface area (Å²) in [7, 11) is 1.26. The number of carbonyl (C=O) groups excluding carboxylic acids is 1. The van der Waals surface area contributed by atoms with Gasteiger partial charge in [-0.25, -0.2) is 9.18 Å². The average molecular weight is 657 g/mol. The van der Waals surface area contributed by atoms with E-state index in [2.05, 4.69) is 0 Å². The van der Waals surface area contributed by atoms with E-state index in [-0.39, 0.29) is 49.4 Å². The summed E-state index contributed by atoms with van der Waals surface area (Å²) in [6.45, 7) is 3.01. The number of carbonyl (C=O) groups is 1. The summed E-state index contributed by atoms with van der Waals surface area (Å²) in [5.74, 6) is -0.858. The van der Waals surface area contributed by atoms with E-state index in [4.69, 9.17) is 9.47 Å². The van der Waals surface area contributed by atoms with Crippen molar-refractivity contribution in [3.8, 4) is 5.75 Å². The molecule has 248 valence electrons. The summed E-state index contributed by atoms with van der Waals surface area (Å²) in [4.78, 5) is 15.3. The number of hydrogen-bond acceptors (Lipinski definition) is 4. The normalized spacial score (nSPS) is 20.3. The standard InChI is InChI=1S/C30H30F10N2O3/c1-15(2)21-10-22(25(44-4)11-24(21)31)23-13-41(14-28(32,33)34)6-5-17(23)12-42-16(3)26(45-27(42)43)18-7-19(29(35,36)37)9-20(8-18)30(38,39)40/h7-11,15-16,26H,5-6,12-14H2,1-4H3/t16-,26-/m0/s1. The molecule has 0 spiro atoms. The molecule has 4 rings (SSSR count). The molecule has 0 radical (unpaired) electrons. The number of cyclic esters (lactones) is 1. The molecule has 2 aromatic rings. The molecule has 1 saturated heterocycles. The number of hydrogen-bond donors (Lipinski definition) is 0. The van der Waals surface area contributed by atoms with Gasteiger partial charge in [0.1, 0.15) is 17.7 Å². The van der Waals surface area contributed by atoms with Crippen LogP contribution in [0.25, 0.3) is 5.57 Å². The highest BCUT2D eigenvalue weighted by molar-refractivity contribution is 5.78. The molecule has 2 atom stereocenters. The van der Waals surface area contributed by atoms with Crippen molar-refractivity contribution in [3.63, 3.8) is 0 Å². The van der Waals surface area contributed by atoms with Crippen molar-refractivity contribution >= 4 is 11.7 Å². The molecular formula is C30H30F10N2O3. The van der Waals surface area contributed by atoms with Gasteiger partial charge < -0.3 is 9.47 Å². The van der Waals surface area contributed by atoms with E-state index >= 15 is 0 Å². The van der Waals surface area contributed by atoms with Crippen LogP contribution in [-0.4, -0.2) is 61.4 Å². The molecule has 2 aromatic carbocycles. The third kappa shape index (κ3) is 7.67. The van der Waals surface area contributed by atoms with Crippen molar-refractivity contribution in [2.24, 2.45) is 0 Å². The van der Waals surface area contributed by atoms with Crippen LogP contribution < -0.4 is 4.74 Å². The Morgan fingerprint density at radius 2 is 1.56 bits per heavy atom. The zero-order chi connectivity index (χ0) is 33.6. The number of benzene rings is 2. The number of amides is 1. The molecule has 15 heteroatoms. The molecule has 0 saturated carbocycles. The van der Waals surface area contributed by atoms with E-state index in [0.717, 1.165) is 15.9 Å². The van der Waals surface area contributed by atoms with Gasteiger partial charge >= 0.3 is 24.6 Å². The molecule has 0 N–H and O–H groups in total. The maximum absolute atomic E-state index is 14.8. The minimum atomic E-state index is -5.12. The van der Waals surface area contributed by atoms with E-state index in [1.54, 1.807) is 13.8 Å². The zero-order valence-electron chi connectivity index (χ0n) is 24.6. The van der Waals surface area contributed by atoms with Gasteiger partial charge in [0, 0.05) is 31.3 Å². The largest absolute Gasteiger partial charge is 0.496 e. The average Bonchev–Trinajstić information content (AvgIpc) is 3.19. The van der Waals surface area contributed by atoms with Crippen molar-refractivity contribution in [2.45, 2.75) is 63.8 Å². The minimum absolute atomic E-state index is 0.0197. The van der Waals surface area contributed by atoms with E-state index in [0.29, 0.717) is 28.8 Å². The lowest BCUT2D eigenvalue weighted by Gasteiger charge is -2.34. The van der Waals surface area contributed by atoms with E-state index in [1.165, 1.54) is 20.1 Å². The monoisotopic (exact) mass is 656 g/mol. The molecule has 45 heavy (non-hydrogen) atoms. The van der Waals surface area contributed by atoms with Crippen molar-refractivity contribution in [2.75, 3.05) is 33.3 Å². The predicted octanol–water partition coefficient (Wildman–Crippen LogP) is 8.60. The first kappa shape index (κ1) is 34.4. The SMILES string of the molecule is COc1cc(F)c(C(C)C)cc1C1=C(CN2C(=O)O[C@H](c3cc(C(F)(F)F)cc(C(F)(F)F)c3)[C@@H]2C)CCN(CC(F)(F)F)C1. The summed E-state index contributed by atoms with van der Waals surface area (Å²) in [6, 6.07) is 2.48. The van der Waals surface area contributed by atoms with E-state index in [9.17, 15) is 48.7 Å². The van der Waals surface area contributed by atoms with Crippen molar-refractivity contribution < 1.29 is 58.2 Å². The predicted molar refractivity (Wildman–Crippen MR) is 143 cm³/mol. The Balaban J connectivity index is 1.76. The van der Waals surface area contributed by atoms with Crippen LogP contribution in [-0.2, 0) is 17.1 Å². The second-order valence-corrected chi connectivity index (χ2v) is 11.4. The van der Waals surface area contributed by atoms with Gasteiger partial charge in [-0.1, -0.05) is 13.8 Å². The highest BCUT2D eigenvalue weighted by Gasteiger charge is 2.44. The van der Waals surface area contributed by atoms with Crippen LogP contribution in [0, 0.1) is 5.82 Å². The Kier molecular flexibility index (Phi) is 9.45. The third-order valence-corrected chi connectivity index (χ3v) is 7.90. The summed E-state index contributed by atoms with van der Waals surface area (Å²) >= 11 is 0. The first-order valence-corrected chi connectivity index (χ1v) is 13.8. The highest BCUT2D eigenvalue weighted by atomic mass is 19.4. The second-order valence-electron chi connectivity index (χ2n) is 11.4. The molecule has 2 heterocycles. The molecule has 2 aliphatic rings. The van der Waals surface area contributed by atoms with Crippen LogP contribution in [0.15, 0.2) is 35.9 Å². The molecule has 0 aliphatic carbocycles. The third-order valence-electron chi connectivity index (χ3n) is 7.90. The van der Waals surface area contributed by atoms with Crippen LogP contribution in [0.3, 0.4) is 0 Å². The second kappa shape index (κ2) is 12.4. The number of nitrogens with zero attached hydrogens (tertiary/aromatic N) is 2. The zero-order valence-corrected chi connectivity index (χ0v) is 24.6. The van der Waals surface area contributed by atoms with Gasteiger partial charge in [-0.2, -0.15) is 39.5 Å². The Bertz CT molecular complexity index is 1430. The van der Waals surface area contributed by atoms with Gasteiger partial charge in [-0.05, 0) is 65.8 Å². The highest BCUT2D eigenvalue weighted by Crippen LogP contribution is 2.42. The van der Waals surface area contributed by atoms with E-state index in [1.807, 2.05) is 0 Å². The lowest BCUT2D eigenvalue weighted by atomic mass is 9.89. The summed E-state index contributed by atoms with van der Waals surface area (Å²) < 4.78 is 146. The van der Waals surface area contributed by atoms with E-state index < -0.39 is 65.8 Å². The number of ether oxygens (including phenoxy) is 2. The summed E-state index contributed by atoms with van der Waals surface area (Å²) in [6.07, 6.45) is -17.3. The van der Waals surface area contributed by atoms with Crippen molar-refractivity contribution in [1.82, 2.24) is 9.80 Å². The lowest BCUT2D eigenvalue weighted by Crippen LogP contribution is -2.41. The molecule has 0 unspecified atom stereocenters. The summed E-state index contributed by atoms with van der Waals surface area (Å²) in [5, 5.41) is 0. The van der Waals surface area contributed by atoms with Crippen LogP contribution in [0.4, 0.5) is 48.7 Å². The fraction of sp³-hybridized carbons (Fsp3) is 0.500. The smallest absolute Gasteiger partial charge is 0.416 e. The Labute approximate surface area is 252 Å². The quantitative estimate of drug-likeness (QED) is 0.280. The fourth-order valence-corrected chi connectivity index (χ4v) is 5.62. The maximum atomic E-state index is 14.8. The molecule has 0 aromatic heterocycles. The van der Waals surface area contributed by atoms with Crippen LogP contribution >= 0.6 is 0 Å². The van der Waals surface area contributed by atoms with Gasteiger partial charge in [-0.3, -0.25) is 9.80 Å². The van der Waals surface area contributed by atoms with Crippen LogP contribution in [0.2, 0.25) is 0 Å². The van der Waals surface area contributed by atoms with Gasteiger partial charge in [0.2, 0.25) is 0 Å². The summed E-state index contributed by atoms with van der Waals surface area (Å²) in [5.41, 5.74) is -2.31. The Morgan fingerprint density at radius 3 is 2.07 bits per heavy atom. The number of halogens is 10. The number of methoxy groups -OCH3 is 1. The van der Waals surface area contributed by atoms with Gasteiger partial charge in [-0.15, -0.1) is 0 Å². The van der Waals surface area contributed by atoms with Crippen LogP contribution in [0.5, 0.6) is 5.75 Å². The molecular weight excluding hydrogens is 626 g/mol. The number of alkyl halides is 9. The molecule has 1 amide bonds. The molecule has 0 bridgehead atoms. The maximum Gasteiger partial charge on any atom is 0.416 e. The minimum Gasteiger partial charge on any atom is -0.496 e. The Hall–Kier alpha value is -3.49. The Morgan fingerprint density at radius 1 is 0.956 bits per heavy atom. The first-order valence-electron chi connectivity index (χ1n) is 13.8. The lowest BCUT2D eigenvalue weighted by molar-refractivity contribution is -0.145. The van der Waals surface area contributed by atoms with Gasteiger partial charge in [0.25, 0.3) is 0 Å². The fourth-order valence-electron chi connectivity index (χ4n) is 5.62. The van der Waals surface area contributed by atoms with Crippen molar-refractivity contribution in [3.05, 3.63) is 69.5 Å². The number of rotatable bonds is 7. The van der Waals surface area contributed by atoms with Gasteiger partial charge in [0.15, 0.2) is 0 Å². The van der Waals surface area contributed by atoms with Crippen molar-refractivity contribution in [1.29, 1.82) is 0 Å². The van der Waals surface area contributed by atoms with Crippen LogP contribution in [0.1, 0.15) is 67.0 Å².